The van der Waals surface area contributed by atoms with Crippen molar-refractivity contribution in [3.8, 4) is 0 Å². The van der Waals surface area contributed by atoms with E-state index in [0.29, 0.717) is 11.3 Å². The zero-order valence-corrected chi connectivity index (χ0v) is 10.9. The minimum absolute atomic E-state index is 0.0281. The number of rotatable bonds is 3. The number of hydrogen-bond donors (Lipinski definition) is 1. The van der Waals surface area contributed by atoms with Gasteiger partial charge in [-0.15, -0.1) is 5.10 Å². The number of carbonyl (C=O) groups excluding carboxylic acids is 2. The van der Waals surface area contributed by atoms with Crippen molar-refractivity contribution in [2.24, 2.45) is 0 Å². The summed E-state index contributed by atoms with van der Waals surface area (Å²) in [5.41, 5.74) is 1.24. The molecule has 18 heavy (non-hydrogen) atoms. The summed E-state index contributed by atoms with van der Waals surface area (Å²) in [6.07, 6.45) is 0. The Balaban J connectivity index is 2.13. The fourth-order valence-electron chi connectivity index (χ4n) is 1.29. The van der Waals surface area contributed by atoms with E-state index in [1.165, 1.54) is 6.92 Å². The van der Waals surface area contributed by atoms with E-state index in [0.717, 1.165) is 11.5 Å². The second kappa shape index (κ2) is 5.24. The molecule has 5 nitrogen and oxygen atoms in total. The third-order valence-electron chi connectivity index (χ3n) is 2.21. The number of amides is 1. The molecule has 0 bridgehead atoms. The molecule has 1 heterocycles. The van der Waals surface area contributed by atoms with Gasteiger partial charge in [-0.3, -0.25) is 9.59 Å². The molecule has 0 aliphatic rings. The minimum atomic E-state index is -0.427. The lowest BCUT2D eigenvalue weighted by molar-refractivity contribution is 0.101. The third kappa shape index (κ3) is 2.72. The Morgan fingerprint density at radius 1 is 1.28 bits per heavy atom. The molecule has 0 saturated heterocycles. The molecule has 0 radical (unpaired) electrons. The number of benzene rings is 1. The first-order chi connectivity index (χ1) is 8.58. The molecular formula is C11H8ClN3O2S. The molecule has 7 heteroatoms. The normalized spacial score (nSPS) is 10.1. The molecule has 0 atom stereocenters. The number of nitrogens with one attached hydrogen (secondary N) is 1. The van der Waals surface area contributed by atoms with Crippen LogP contribution in [0, 0.1) is 0 Å². The molecule has 0 fully saturated rings. The Morgan fingerprint density at radius 2 is 1.94 bits per heavy atom. The Kier molecular flexibility index (Phi) is 3.69. The Hall–Kier alpha value is -1.79. The number of Topliss-reactive ketones (excluding diaryl/α,β-unsaturated/α-hetero) is 1. The molecular weight excluding hydrogens is 274 g/mol. The molecule has 1 aromatic carbocycles. The van der Waals surface area contributed by atoms with Crippen LogP contribution in [0.4, 0.5) is 5.69 Å². The maximum absolute atomic E-state index is 11.8. The van der Waals surface area contributed by atoms with Gasteiger partial charge in [0, 0.05) is 22.8 Å². The first-order valence-corrected chi connectivity index (χ1v) is 6.13. The van der Waals surface area contributed by atoms with Crippen LogP contribution in [0.25, 0.3) is 0 Å². The van der Waals surface area contributed by atoms with Crippen LogP contribution in [0.5, 0.6) is 0 Å². The van der Waals surface area contributed by atoms with E-state index >= 15 is 0 Å². The van der Waals surface area contributed by atoms with Gasteiger partial charge < -0.3 is 5.32 Å². The number of carbonyl (C=O) groups is 2. The van der Waals surface area contributed by atoms with E-state index in [1.54, 1.807) is 24.3 Å². The molecule has 0 spiro atoms. The van der Waals surface area contributed by atoms with Crippen LogP contribution in [0.15, 0.2) is 24.3 Å². The van der Waals surface area contributed by atoms with Crippen molar-refractivity contribution in [1.29, 1.82) is 0 Å². The molecule has 1 aromatic heterocycles. The molecule has 0 unspecified atom stereocenters. The molecule has 0 aliphatic carbocycles. The molecule has 0 saturated carbocycles. The third-order valence-corrected chi connectivity index (χ3v) is 3.12. The molecule has 92 valence electrons. The summed E-state index contributed by atoms with van der Waals surface area (Å²) in [7, 11) is 0. The molecule has 1 amide bonds. The fourth-order valence-corrected chi connectivity index (χ4v) is 1.92. The van der Waals surface area contributed by atoms with Gasteiger partial charge in [-0.05, 0) is 31.2 Å². The maximum atomic E-state index is 11.8. The van der Waals surface area contributed by atoms with Gasteiger partial charge in [0.2, 0.25) is 0 Å². The molecule has 1 N–H and O–H groups in total. The van der Waals surface area contributed by atoms with Gasteiger partial charge in [-0.1, -0.05) is 16.1 Å². The highest BCUT2D eigenvalue weighted by molar-refractivity contribution is 7.10. The fraction of sp³-hybridized carbons (Fsp3) is 0.0909. The van der Waals surface area contributed by atoms with E-state index in [-0.39, 0.29) is 15.8 Å². The van der Waals surface area contributed by atoms with E-state index < -0.39 is 5.91 Å². The standard InChI is InChI=1S/C11H8ClN3O2S/c1-6(16)7-2-4-8(5-3-7)13-11(17)9-10(12)18-15-14-9/h2-5H,1H3,(H,13,17). The topological polar surface area (TPSA) is 72.0 Å². The van der Waals surface area contributed by atoms with Crippen LogP contribution in [-0.2, 0) is 0 Å². The van der Waals surface area contributed by atoms with Crippen molar-refractivity contribution in [3.63, 3.8) is 0 Å². The van der Waals surface area contributed by atoms with Gasteiger partial charge in [0.15, 0.2) is 11.5 Å². The quantitative estimate of drug-likeness (QED) is 0.878. The molecule has 2 aromatic rings. The summed E-state index contributed by atoms with van der Waals surface area (Å²) in [5, 5.41) is 6.25. The second-order valence-electron chi connectivity index (χ2n) is 3.48. The average Bonchev–Trinajstić information content (AvgIpc) is 2.76. The summed E-state index contributed by atoms with van der Waals surface area (Å²) < 4.78 is 3.82. The highest BCUT2D eigenvalue weighted by Gasteiger charge is 2.14. The number of nitrogens with zero attached hydrogens (tertiary/aromatic N) is 2. The van der Waals surface area contributed by atoms with Crippen molar-refractivity contribution in [1.82, 2.24) is 9.59 Å². The molecule has 0 aliphatic heterocycles. The lowest BCUT2D eigenvalue weighted by Crippen LogP contribution is -2.13. The van der Waals surface area contributed by atoms with E-state index in [9.17, 15) is 9.59 Å². The lowest BCUT2D eigenvalue weighted by atomic mass is 10.1. The van der Waals surface area contributed by atoms with Crippen LogP contribution < -0.4 is 5.32 Å². The van der Waals surface area contributed by atoms with Crippen LogP contribution in [0.1, 0.15) is 27.8 Å². The number of anilines is 1. The van der Waals surface area contributed by atoms with Gasteiger partial charge >= 0.3 is 0 Å². The largest absolute Gasteiger partial charge is 0.321 e. The summed E-state index contributed by atoms with van der Waals surface area (Å²) in [6, 6.07) is 6.56. The monoisotopic (exact) mass is 281 g/mol. The first-order valence-electron chi connectivity index (χ1n) is 4.98. The first kappa shape index (κ1) is 12.7. The van der Waals surface area contributed by atoms with Crippen molar-refractivity contribution in [3.05, 3.63) is 39.9 Å². The van der Waals surface area contributed by atoms with Crippen LogP contribution in [0.2, 0.25) is 4.34 Å². The van der Waals surface area contributed by atoms with Crippen molar-refractivity contribution < 1.29 is 9.59 Å². The number of halogens is 1. The number of aromatic nitrogens is 2. The SMILES string of the molecule is CC(=O)c1ccc(NC(=O)c2nnsc2Cl)cc1. The highest BCUT2D eigenvalue weighted by atomic mass is 35.5. The van der Waals surface area contributed by atoms with Crippen molar-refractivity contribution in [2.75, 3.05) is 5.32 Å². The smallest absolute Gasteiger partial charge is 0.278 e. The van der Waals surface area contributed by atoms with E-state index in [1.807, 2.05) is 0 Å². The lowest BCUT2D eigenvalue weighted by Gasteiger charge is -2.03. The summed E-state index contributed by atoms with van der Waals surface area (Å²) >= 11 is 6.70. The second-order valence-corrected chi connectivity index (χ2v) is 4.84. The van der Waals surface area contributed by atoms with Crippen LogP contribution in [0.3, 0.4) is 0 Å². The van der Waals surface area contributed by atoms with E-state index in [4.69, 9.17) is 11.6 Å². The van der Waals surface area contributed by atoms with Gasteiger partial charge in [0.05, 0.1) is 0 Å². The Labute approximate surface area is 112 Å². The maximum Gasteiger partial charge on any atom is 0.278 e. The zero-order valence-electron chi connectivity index (χ0n) is 9.31. The van der Waals surface area contributed by atoms with Crippen LogP contribution >= 0.6 is 23.1 Å². The van der Waals surface area contributed by atoms with Crippen molar-refractivity contribution >= 4 is 40.5 Å². The summed E-state index contributed by atoms with van der Waals surface area (Å²) in [4.78, 5) is 22.8. The van der Waals surface area contributed by atoms with Crippen LogP contribution in [-0.4, -0.2) is 21.3 Å². The van der Waals surface area contributed by atoms with Gasteiger partial charge in [-0.2, -0.15) is 0 Å². The summed E-state index contributed by atoms with van der Waals surface area (Å²) in [5.74, 6) is -0.455. The Morgan fingerprint density at radius 3 is 2.44 bits per heavy atom. The summed E-state index contributed by atoms with van der Waals surface area (Å²) in [6.45, 7) is 1.48. The van der Waals surface area contributed by atoms with Crippen molar-refractivity contribution in [2.45, 2.75) is 6.92 Å². The highest BCUT2D eigenvalue weighted by Crippen LogP contribution is 2.19. The zero-order chi connectivity index (χ0) is 13.1. The Bertz CT molecular complexity index is 595. The van der Waals surface area contributed by atoms with Gasteiger partial charge in [-0.25, -0.2) is 0 Å². The minimum Gasteiger partial charge on any atom is -0.321 e. The average molecular weight is 282 g/mol. The predicted octanol–water partition coefficient (Wildman–Crippen LogP) is 2.65. The molecule has 2 rings (SSSR count). The predicted molar refractivity (Wildman–Crippen MR) is 69.3 cm³/mol. The van der Waals surface area contributed by atoms with E-state index in [2.05, 4.69) is 14.9 Å². The van der Waals surface area contributed by atoms with Gasteiger partial charge in [0.25, 0.3) is 5.91 Å². The number of hydrogen-bond acceptors (Lipinski definition) is 5. The number of ketones is 1. The van der Waals surface area contributed by atoms with Gasteiger partial charge in [0.1, 0.15) is 4.34 Å².